The molecule has 0 bridgehead atoms. The molecule has 1 aromatic carbocycles. The minimum Gasteiger partial charge on any atom is -0.460 e. The number of ether oxygens (including phenoxy) is 1. The summed E-state index contributed by atoms with van der Waals surface area (Å²) >= 11 is 0. The zero-order valence-corrected chi connectivity index (χ0v) is 15.7. The van der Waals surface area contributed by atoms with Crippen molar-refractivity contribution in [2.75, 3.05) is 0 Å². The van der Waals surface area contributed by atoms with Crippen LogP contribution in [0.3, 0.4) is 0 Å². The first-order chi connectivity index (χ1) is 11.0. The van der Waals surface area contributed by atoms with Gasteiger partial charge in [-0.1, -0.05) is 24.6 Å². The first-order valence-electron chi connectivity index (χ1n) is 8.22. The molecule has 0 aliphatic heterocycles. The summed E-state index contributed by atoms with van der Waals surface area (Å²) in [6.45, 7) is 9.17. The molecule has 0 aromatic heterocycles. The summed E-state index contributed by atoms with van der Waals surface area (Å²) in [5, 5.41) is 0. The van der Waals surface area contributed by atoms with Gasteiger partial charge in [0.15, 0.2) is 0 Å². The van der Waals surface area contributed by atoms with E-state index < -0.39 is 33.7 Å². The molecule has 0 radical (unpaired) electrons. The van der Waals surface area contributed by atoms with Crippen molar-refractivity contribution >= 4 is 16.1 Å². The van der Waals surface area contributed by atoms with Crippen LogP contribution in [0.25, 0.3) is 0 Å². The number of hydrogen-bond donors (Lipinski definition) is 0. The third-order valence-corrected chi connectivity index (χ3v) is 5.47. The molecule has 24 heavy (non-hydrogen) atoms. The first kappa shape index (κ1) is 18.9. The molecular weight excluding hydrogens is 328 g/mol. The SMILES string of the molecule is Cc1ccc(S(=O)(=O)OC2C(C)CCC2C(=O)OC(C)(C)C)cc1. The summed E-state index contributed by atoms with van der Waals surface area (Å²) < 4.78 is 35.9. The van der Waals surface area contributed by atoms with Crippen molar-refractivity contribution in [1.29, 1.82) is 0 Å². The van der Waals surface area contributed by atoms with Crippen molar-refractivity contribution in [3.63, 3.8) is 0 Å². The van der Waals surface area contributed by atoms with Crippen molar-refractivity contribution in [2.45, 2.75) is 64.1 Å². The Bertz CT molecular complexity index is 685. The molecule has 0 saturated heterocycles. The number of aryl methyl sites for hydroxylation is 1. The Morgan fingerprint density at radius 1 is 1.12 bits per heavy atom. The average molecular weight is 354 g/mol. The van der Waals surface area contributed by atoms with Crippen LogP contribution in [0.2, 0.25) is 0 Å². The Labute approximate surface area is 144 Å². The van der Waals surface area contributed by atoms with Crippen molar-refractivity contribution < 1.29 is 22.1 Å². The fourth-order valence-corrected chi connectivity index (χ4v) is 4.06. The molecule has 6 heteroatoms. The van der Waals surface area contributed by atoms with Gasteiger partial charge in [0.2, 0.25) is 0 Å². The van der Waals surface area contributed by atoms with Crippen LogP contribution >= 0.6 is 0 Å². The topological polar surface area (TPSA) is 69.7 Å². The fraction of sp³-hybridized carbons (Fsp3) is 0.611. The van der Waals surface area contributed by atoms with Crippen LogP contribution in [-0.4, -0.2) is 26.1 Å². The molecule has 0 amide bonds. The molecule has 3 unspecified atom stereocenters. The van der Waals surface area contributed by atoms with E-state index in [1.807, 2.05) is 13.8 Å². The number of rotatable bonds is 4. The second kappa shape index (κ2) is 6.84. The molecule has 0 N–H and O–H groups in total. The van der Waals surface area contributed by atoms with Crippen molar-refractivity contribution in [3.8, 4) is 0 Å². The Hall–Kier alpha value is -1.40. The molecule has 1 fully saturated rings. The fourth-order valence-electron chi connectivity index (χ4n) is 2.87. The molecule has 1 aromatic rings. The zero-order chi connectivity index (χ0) is 18.1. The summed E-state index contributed by atoms with van der Waals surface area (Å²) in [4.78, 5) is 12.5. The lowest BCUT2D eigenvalue weighted by molar-refractivity contribution is -0.162. The Balaban J connectivity index is 2.19. The molecule has 1 aliphatic rings. The molecule has 1 aliphatic carbocycles. The highest BCUT2D eigenvalue weighted by atomic mass is 32.2. The molecule has 2 rings (SSSR count). The zero-order valence-electron chi connectivity index (χ0n) is 14.9. The minimum absolute atomic E-state index is 0.0252. The maximum atomic E-state index is 12.5. The first-order valence-corrected chi connectivity index (χ1v) is 9.63. The van der Waals surface area contributed by atoms with Crippen LogP contribution in [0.15, 0.2) is 29.2 Å². The second-order valence-electron chi connectivity index (χ2n) is 7.52. The third-order valence-electron chi connectivity index (χ3n) is 4.15. The van der Waals surface area contributed by atoms with Gasteiger partial charge in [-0.15, -0.1) is 0 Å². The van der Waals surface area contributed by atoms with Crippen molar-refractivity contribution in [3.05, 3.63) is 29.8 Å². The lowest BCUT2D eigenvalue weighted by atomic mass is 10.0. The standard InChI is InChI=1S/C18H26O5S/c1-12-6-9-14(10-7-12)24(20,21)23-16-13(2)8-11-15(16)17(19)22-18(3,4)5/h6-7,9-10,13,15-16H,8,11H2,1-5H3. The van der Waals surface area contributed by atoms with E-state index >= 15 is 0 Å². The van der Waals surface area contributed by atoms with Gasteiger partial charge in [0, 0.05) is 0 Å². The molecule has 0 heterocycles. The molecule has 134 valence electrons. The number of carbonyl (C=O) groups excluding carboxylic acids is 1. The smallest absolute Gasteiger partial charge is 0.312 e. The maximum absolute atomic E-state index is 12.5. The normalized spacial score (nSPS) is 24.8. The number of benzene rings is 1. The molecule has 1 saturated carbocycles. The van der Waals surface area contributed by atoms with E-state index in [9.17, 15) is 13.2 Å². The van der Waals surface area contributed by atoms with Gasteiger partial charge in [-0.3, -0.25) is 8.98 Å². The minimum atomic E-state index is -3.91. The van der Waals surface area contributed by atoms with Gasteiger partial charge in [0.1, 0.15) is 5.60 Å². The van der Waals surface area contributed by atoms with Gasteiger partial charge in [0.05, 0.1) is 16.9 Å². The maximum Gasteiger partial charge on any atom is 0.312 e. The highest BCUT2D eigenvalue weighted by Gasteiger charge is 2.43. The predicted octanol–water partition coefficient (Wildman–Crippen LogP) is 3.46. The summed E-state index contributed by atoms with van der Waals surface area (Å²) in [6, 6.07) is 6.48. The number of hydrogen-bond acceptors (Lipinski definition) is 5. The highest BCUT2D eigenvalue weighted by Crippen LogP contribution is 2.37. The Kier molecular flexibility index (Phi) is 5.40. The van der Waals surface area contributed by atoms with Crippen molar-refractivity contribution in [1.82, 2.24) is 0 Å². The van der Waals surface area contributed by atoms with Gasteiger partial charge < -0.3 is 4.74 Å². The van der Waals surface area contributed by atoms with E-state index in [1.54, 1.807) is 32.9 Å². The summed E-state index contributed by atoms with van der Waals surface area (Å²) in [5.74, 6) is -0.974. The van der Waals surface area contributed by atoms with Crippen LogP contribution in [0.4, 0.5) is 0 Å². The van der Waals surface area contributed by atoms with Gasteiger partial charge in [0.25, 0.3) is 10.1 Å². The van der Waals surface area contributed by atoms with Crippen molar-refractivity contribution in [2.24, 2.45) is 11.8 Å². The van der Waals surface area contributed by atoms with Crippen LogP contribution < -0.4 is 0 Å². The monoisotopic (exact) mass is 354 g/mol. The van der Waals surface area contributed by atoms with E-state index in [1.165, 1.54) is 12.1 Å². The lowest BCUT2D eigenvalue weighted by Gasteiger charge is -2.26. The van der Waals surface area contributed by atoms with Crippen LogP contribution in [0, 0.1) is 18.8 Å². The van der Waals surface area contributed by atoms with E-state index in [4.69, 9.17) is 8.92 Å². The Morgan fingerprint density at radius 2 is 1.71 bits per heavy atom. The largest absolute Gasteiger partial charge is 0.460 e. The molecule has 3 atom stereocenters. The van der Waals surface area contributed by atoms with Crippen LogP contribution in [-0.2, 0) is 23.8 Å². The van der Waals surface area contributed by atoms with Crippen LogP contribution in [0.1, 0.15) is 46.1 Å². The van der Waals surface area contributed by atoms with Gasteiger partial charge in [-0.2, -0.15) is 8.42 Å². The van der Waals surface area contributed by atoms with Gasteiger partial charge in [-0.25, -0.2) is 0 Å². The predicted molar refractivity (Wildman–Crippen MR) is 91.0 cm³/mol. The van der Waals surface area contributed by atoms with E-state index in [2.05, 4.69) is 0 Å². The molecule has 0 spiro atoms. The lowest BCUT2D eigenvalue weighted by Crippen LogP contribution is -2.36. The average Bonchev–Trinajstić information content (AvgIpc) is 2.78. The van der Waals surface area contributed by atoms with E-state index in [0.29, 0.717) is 6.42 Å². The van der Waals surface area contributed by atoms with E-state index in [0.717, 1.165) is 12.0 Å². The number of carbonyl (C=O) groups is 1. The quantitative estimate of drug-likeness (QED) is 0.612. The third kappa shape index (κ3) is 4.57. The van der Waals surface area contributed by atoms with Gasteiger partial charge in [-0.05, 0) is 58.6 Å². The molecule has 5 nitrogen and oxygen atoms in total. The van der Waals surface area contributed by atoms with Crippen LogP contribution in [0.5, 0.6) is 0 Å². The Morgan fingerprint density at radius 3 is 2.25 bits per heavy atom. The number of esters is 1. The second-order valence-corrected chi connectivity index (χ2v) is 9.09. The highest BCUT2D eigenvalue weighted by molar-refractivity contribution is 7.86. The van der Waals surface area contributed by atoms with Gasteiger partial charge >= 0.3 is 5.97 Å². The molecular formula is C18H26O5S. The summed E-state index contributed by atoms with van der Waals surface area (Å²) in [6.07, 6.45) is 0.619. The van der Waals surface area contributed by atoms with E-state index in [-0.39, 0.29) is 10.8 Å². The summed E-state index contributed by atoms with van der Waals surface area (Å²) in [7, 11) is -3.91. The summed E-state index contributed by atoms with van der Waals surface area (Å²) in [5.41, 5.74) is 0.360.